The summed E-state index contributed by atoms with van der Waals surface area (Å²) in [5, 5.41) is 0. The number of nitrogens with two attached hydrogens (primary N) is 1. The maximum atomic E-state index is 11.6. The zero-order chi connectivity index (χ0) is 11.4. The highest BCUT2D eigenvalue weighted by molar-refractivity contribution is 5.89. The fourth-order valence-electron chi connectivity index (χ4n) is 1.80. The van der Waals surface area contributed by atoms with Crippen LogP contribution in [0.25, 0.3) is 0 Å². The third-order valence-corrected chi connectivity index (χ3v) is 3.13. The Hall–Kier alpha value is -1.51. The highest BCUT2D eigenvalue weighted by Crippen LogP contribution is 2.29. The van der Waals surface area contributed by atoms with E-state index < -0.39 is 0 Å². The average Bonchev–Trinajstić information content (AvgIpc) is 2.22. The van der Waals surface area contributed by atoms with Gasteiger partial charge in [0.2, 0.25) is 0 Å². The Bertz CT molecular complexity index is 355. The molecule has 0 aliphatic heterocycles. The summed E-state index contributed by atoms with van der Waals surface area (Å²) in [6, 6.07) is 6.81. The van der Waals surface area contributed by atoms with E-state index in [1.807, 2.05) is 0 Å². The van der Waals surface area contributed by atoms with E-state index in [9.17, 15) is 4.79 Å². The molecule has 86 valence electrons. The van der Waals surface area contributed by atoms with Crippen molar-refractivity contribution in [2.24, 2.45) is 5.92 Å². The van der Waals surface area contributed by atoms with E-state index in [0.717, 1.165) is 12.3 Å². The van der Waals surface area contributed by atoms with Crippen molar-refractivity contribution in [2.75, 3.05) is 12.3 Å². The topological polar surface area (TPSA) is 52.3 Å². The molecule has 0 heterocycles. The minimum atomic E-state index is -0.251. The number of carbonyl (C=O) groups excluding carboxylic acids is 1. The van der Waals surface area contributed by atoms with Crippen molar-refractivity contribution in [3.05, 3.63) is 29.8 Å². The standard InChI is InChI=1S/C13H17NO2/c14-12-6-4-11(5-7-12)13(15)16-9-8-10-2-1-3-10/h4-7,10H,1-3,8-9,14H2. The molecule has 0 bridgehead atoms. The number of benzene rings is 1. The Morgan fingerprint density at radius 2 is 2.00 bits per heavy atom. The first-order chi connectivity index (χ1) is 7.75. The summed E-state index contributed by atoms with van der Waals surface area (Å²) in [4.78, 5) is 11.6. The summed E-state index contributed by atoms with van der Waals surface area (Å²) in [6.45, 7) is 0.536. The van der Waals surface area contributed by atoms with Crippen molar-refractivity contribution < 1.29 is 9.53 Å². The molecule has 2 rings (SSSR count). The summed E-state index contributed by atoms with van der Waals surface area (Å²) in [7, 11) is 0. The van der Waals surface area contributed by atoms with Gasteiger partial charge >= 0.3 is 5.97 Å². The summed E-state index contributed by atoms with van der Waals surface area (Å²) in [5.74, 6) is 0.526. The second kappa shape index (κ2) is 5.01. The highest BCUT2D eigenvalue weighted by Gasteiger charge is 2.17. The molecular weight excluding hydrogens is 202 g/mol. The SMILES string of the molecule is Nc1ccc(C(=O)OCCC2CCC2)cc1. The molecule has 1 aliphatic carbocycles. The molecule has 2 N–H and O–H groups in total. The number of carbonyl (C=O) groups is 1. The van der Waals surface area contributed by atoms with Gasteiger partial charge in [-0.3, -0.25) is 0 Å². The number of esters is 1. The van der Waals surface area contributed by atoms with Crippen LogP contribution in [0.1, 0.15) is 36.0 Å². The molecule has 1 fully saturated rings. The number of hydrogen-bond donors (Lipinski definition) is 1. The van der Waals surface area contributed by atoms with Crippen LogP contribution in [0, 0.1) is 5.92 Å². The molecule has 1 aliphatic rings. The normalized spacial score (nSPS) is 15.5. The van der Waals surface area contributed by atoms with E-state index in [4.69, 9.17) is 10.5 Å². The number of ether oxygens (including phenoxy) is 1. The Kier molecular flexibility index (Phi) is 3.44. The zero-order valence-corrected chi connectivity index (χ0v) is 9.32. The lowest BCUT2D eigenvalue weighted by Gasteiger charge is -2.24. The van der Waals surface area contributed by atoms with Crippen molar-refractivity contribution in [3.63, 3.8) is 0 Å². The third-order valence-electron chi connectivity index (χ3n) is 3.13. The van der Waals surface area contributed by atoms with E-state index in [1.165, 1.54) is 19.3 Å². The van der Waals surface area contributed by atoms with Crippen LogP contribution in [0.4, 0.5) is 5.69 Å². The molecule has 16 heavy (non-hydrogen) atoms. The largest absolute Gasteiger partial charge is 0.462 e. The van der Waals surface area contributed by atoms with Crippen LogP contribution in [0.2, 0.25) is 0 Å². The van der Waals surface area contributed by atoms with Gasteiger partial charge in [-0.05, 0) is 36.6 Å². The number of hydrogen-bond acceptors (Lipinski definition) is 3. The molecule has 0 saturated heterocycles. The fourth-order valence-corrected chi connectivity index (χ4v) is 1.80. The molecular formula is C13H17NO2. The van der Waals surface area contributed by atoms with Crippen molar-refractivity contribution in [1.82, 2.24) is 0 Å². The molecule has 0 spiro atoms. The van der Waals surface area contributed by atoms with Gasteiger partial charge in [0.05, 0.1) is 12.2 Å². The average molecular weight is 219 g/mol. The van der Waals surface area contributed by atoms with Crippen LogP contribution >= 0.6 is 0 Å². The minimum absolute atomic E-state index is 0.251. The predicted octanol–water partition coefficient (Wildman–Crippen LogP) is 2.62. The summed E-state index contributed by atoms with van der Waals surface area (Å²) < 4.78 is 5.19. The molecule has 1 aromatic carbocycles. The molecule has 0 atom stereocenters. The van der Waals surface area contributed by atoms with Crippen LogP contribution in [0.5, 0.6) is 0 Å². The lowest BCUT2D eigenvalue weighted by molar-refractivity contribution is 0.0464. The first-order valence-electron chi connectivity index (χ1n) is 5.78. The van der Waals surface area contributed by atoms with E-state index >= 15 is 0 Å². The highest BCUT2D eigenvalue weighted by atomic mass is 16.5. The number of nitrogen functional groups attached to an aromatic ring is 1. The third kappa shape index (κ3) is 2.75. The Morgan fingerprint density at radius 3 is 2.56 bits per heavy atom. The maximum absolute atomic E-state index is 11.6. The first-order valence-corrected chi connectivity index (χ1v) is 5.78. The molecule has 0 radical (unpaired) electrons. The number of anilines is 1. The van der Waals surface area contributed by atoms with E-state index in [2.05, 4.69) is 0 Å². The second-order valence-corrected chi connectivity index (χ2v) is 4.34. The van der Waals surface area contributed by atoms with E-state index in [0.29, 0.717) is 17.9 Å². The maximum Gasteiger partial charge on any atom is 0.338 e. The lowest BCUT2D eigenvalue weighted by atomic mass is 9.83. The van der Waals surface area contributed by atoms with Crippen molar-refractivity contribution >= 4 is 11.7 Å². The van der Waals surface area contributed by atoms with Crippen LogP contribution in [-0.4, -0.2) is 12.6 Å². The summed E-state index contributed by atoms with van der Waals surface area (Å²) in [5.41, 5.74) is 6.77. The Morgan fingerprint density at radius 1 is 1.31 bits per heavy atom. The van der Waals surface area contributed by atoms with Crippen LogP contribution in [-0.2, 0) is 4.74 Å². The van der Waals surface area contributed by atoms with Gasteiger partial charge in [0, 0.05) is 5.69 Å². The first kappa shape index (κ1) is 11.0. The van der Waals surface area contributed by atoms with E-state index in [1.54, 1.807) is 24.3 Å². The second-order valence-electron chi connectivity index (χ2n) is 4.34. The van der Waals surface area contributed by atoms with Crippen LogP contribution < -0.4 is 5.73 Å². The Balaban J connectivity index is 1.76. The molecule has 3 nitrogen and oxygen atoms in total. The summed E-state index contributed by atoms with van der Waals surface area (Å²) in [6.07, 6.45) is 4.91. The summed E-state index contributed by atoms with van der Waals surface area (Å²) >= 11 is 0. The Labute approximate surface area is 95.6 Å². The monoisotopic (exact) mass is 219 g/mol. The molecule has 3 heteroatoms. The van der Waals surface area contributed by atoms with Gasteiger partial charge in [-0.1, -0.05) is 19.3 Å². The van der Waals surface area contributed by atoms with Gasteiger partial charge < -0.3 is 10.5 Å². The zero-order valence-electron chi connectivity index (χ0n) is 9.32. The van der Waals surface area contributed by atoms with Crippen LogP contribution in [0.15, 0.2) is 24.3 Å². The fraction of sp³-hybridized carbons (Fsp3) is 0.462. The van der Waals surface area contributed by atoms with Gasteiger partial charge in [-0.15, -0.1) is 0 Å². The molecule has 1 aromatic rings. The predicted molar refractivity (Wildman–Crippen MR) is 63.1 cm³/mol. The van der Waals surface area contributed by atoms with Crippen molar-refractivity contribution in [1.29, 1.82) is 0 Å². The van der Waals surface area contributed by atoms with Crippen molar-refractivity contribution in [2.45, 2.75) is 25.7 Å². The van der Waals surface area contributed by atoms with Crippen LogP contribution in [0.3, 0.4) is 0 Å². The molecule has 0 unspecified atom stereocenters. The smallest absolute Gasteiger partial charge is 0.338 e. The van der Waals surface area contributed by atoms with Crippen molar-refractivity contribution in [3.8, 4) is 0 Å². The van der Waals surface area contributed by atoms with E-state index in [-0.39, 0.29) is 5.97 Å². The lowest BCUT2D eigenvalue weighted by Crippen LogP contribution is -2.15. The molecule has 0 aromatic heterocycles. The van der Waals surface area contributed by atoms with Gasteiger partial charge in [-0.25, -0.2) is 4.79 Å². The van der Waals surface area contributed by atoms with Gasteiger partial charge in [0.15, 0.2) is 0 Å². The molecule has 1 saturated carbocycles. The van der Waals surface area contributed by atoms with Gasteiger partial charge in [-0.2, -0.15) is 0 Å². The molecule has 0 amide bonds. The van der Waals surface area contributed by atoms with Gasteiger partial charge in [0.1, 0.15) is 0 Å². The number of rotatable bonds is 4. The van der Waals surface area contributed by atoms with Gasteiger partial charge in [0.25, 0.3) is 0 Å². The minimum Gasteiger partial charge on any atom is -0.462 e. The quantitative estimate of drug-likeness (QED) is 0.625.